The number of halogens is 1. The van der Waals surface area contributed by atoms with Crippen molar-refractivity contribution < 1.29 is 0 Å². The number of hydrogen-bond acceptors (Lipinski definition) is 3. The van der Waals surface area contributed by atoms with E-state index in [1.807, 2.05) is 29.8 Å². The lowest BCUT2D eigenvalue weighted by Gasteiger charge is -2.09. The summed E-state index contributed by atoms with van der Waals surface area (Å²) in [5.41, 5.74) is 9.59. The van der Waals surface area contributed by atoms with Gasteiger partial charge in [-0.15, -0.1) is 5.10 Å². The first-order valence-electron chi connectivity index (χ1n) is 5.57. The second-order valence-corrected chi connectivity index (χ2v) is 4.32. The lowest BCUT2D eigenvalue weighted by atomic mass is 10.2. The number of rotatable bonds is 3. The zero-order chi connectivity index (χ0) is 12.4. The molecule has 0 atom stereocenters. The van der Waals surface area contributed by atoms with E-state index in [2.05, 4.69) is 17.2 Å². The van der Waals surface area contributed by atoms with E-state index in [0.29, 0.717) is 11.6 Å². The third kappa shape index (κ3) is 2.18. The van der Waals surface area contributed by atoms with Crippen molar-refractivity contribution in [3.63, 3.8) is 0 Å². The van der Waals surface area contributed by atoms with Crippen LogP contribution in [0, 0.1) is 6.92 Å². The van der Waals surface area contributed by atoms with Crippen molar-refractivity contribution in [2.75, 3.05) is 0 Å². The largest absolute Gasteiger partial charge is 0.325 e. The molecular formula is C12H15ClN4. The topological polar surface area (TPSA) is 56.7 Å². The molecule has 4 nitrogen and oxygen atoms in total. The van der Waals surface area contributed by atoms with Crippen molar-refractivity contribution in [2.24, 2.45) is 5.73 Å². The van der Waals surface area contributed by atoms with Gasteiger partial charge in [-0.2, -0.15) is 0 Å². The molecule has 0 spiro atoms. The Balaban J connectivity index is 2.59. The fourth-order valence-electron chi connectivity index (χ4n) is 1.85. The SMILES string of the molecule is CCc1c(CN)nnn1-c1cc(Cl)ccc1C. The predicted molar refractivity (Wildman–Crippen MR) is 68.4 cm³/mol. The van der Waals surface area contributed by atoms with Crippen molar-refractivity contribution >= 4 is 11.6 Å². The van der Waals surface area contributed by atoms with Crippen molar-refractivity contribution in [1.29, 1.82) is 0 Å². The van der Waals surface area contributed by atoms with Crippen LogP contribution in [-0.4, -0.2) is 15.0 Å². The summed E-state index contributed by atoms with van der Waals surface area (Å²) in [4.78, 5) is 0. The average molecular weight is 251 g/mol. The summed E-state index contributed by atoms with van der Waals surface area (Å²) in [6, 6.07) is 5.73. The summed E-state index contributed by atoms with van der Waals surface area (Å²) < 4.78 is 1.82. The molecule has 0 unspecified atom stereocenters. The minimum Gasteiger partial charge on any atom is -0.325 e. The Morgan fingerprint density at radius 2 is 2.18 bits per heavy atom. The van der Waals surface area contributed by atoms with E-state index in [-0.39, 0.29) is 0 Å². The van der Waals surface area contributed by atoms with Crippen LogP contribution in [0.2, 0.25) is 5.02 Å². The number of hydrogen-bond donors (Lipinski definition) is 1. The Hall–Kier alpha value is -1.39. The van der Waals surface area contributed by atoms with Crippen LogP contribution >= 0.6 is 11.6 Å². The van der Waals surface area contributed by atoms with Crippen LogP contribution in [0.5, 0.6) is 0 Å². The van der Waals surface area contributed by atoms with Gasteiger partial charge < -0.3 is 5.73 Å². The van der Waals surface area contributed by atoms with E-state index in [4.69, 9.17) is 17.3 Å². The Labute approximate surface area is 105 Å². The Kier molecular flexibility index (Phi) is 3.45. The summed E-state index contributed by atoms with van der Waals surface area (Å²) in [6.07, 6.45) is 0.839. The third-order valence-corrected chi connectivity index (χ3v) is 3.01. The minimum absolute atomic E-state index is 0.406. The molecule has 90 valence electrons. The van der Waals surface area contributed by atoms with Gasteiger partial charge in [-0.05, 0) is 31.0 Å². The smallest absolute Gasteiger partial charge is 0.0999 e. The van der Waals surface area contributed by atoms with Crippen LogP contribution in [0.15, 0.2) is 18.2 Å². The van der Waals surface area contributed by atoms with Gasteiger partial charge in [0.05, 0.1) is 17.1 Å². The molecule has 17 heavy (non-hydrogen) atoms. The van der Waals surface area contributed by atoms with Gasteiger partial charge in [-0.1, -0.05) is 29.8 Å². The maximum Gasteiger partial charge on any atom is 0.0999 e. The zero-order valence-corrected chi connectivity index (χ0v) is 10.7. The summed E-state index contributed by atoms with van der Waals surface area (Å²) in [5.74, 6) is 0. The van der Waals surface area contributed by atoms with Crippen LogP contribution < -0.4 is 5.73 Å². The predicted octanol–water partition coefficient (Wildman–Crippen LogP) is 2.25. The number of nitrogens with zero attached hydrogens (tertiary/aromatic N) is 3. The first kappa shape index (κ1) is 12.1. The van der Waals surface area contributed by atoms with E-state index >= 15 is 0 Å². The first-order valence-corrected chi connectivity index (χ1v) is 5.95. The standard InChI is InChI=1S/C12H15ClN4/c1-3-11-10(7-14)15-16-17(11)12-6-9(13)5-4-8(12)2/h4-6H,3,7,14H2,1-2H3. The number of benzene rings is 1. The molecule has 2 rings (SSSR count). The highest BCUT2D eigenvalue weighted by molar-refractivity contribution is 6.30. The molecule has 0 saturated carbocycles. The molecule has 1 heterocycles. The number of nitrogens with two attached hydrogens (primary N) is 1. The molecule has 1 aromatic heterocycles. The van der Waals surface area contributed by atoms with Crippen LogP contribution in [0.25, 0.3) is 5.69 Å². The Morgan fingerprint density at radius 1 is 1.41 bits per heavy atom. The van der Waals surface area contributed by atoms with E-state index in [1.54, 1.807) is 0 Å². The van der Waals surface area contributed by atoms with Crippen molar-refractivity contribution in [3.05, 3.63) is 40.2 Å². The lowest BCUT2D eigenvalue weighted by molar-refractivity contribution is 0.763. The van der Waals surface area contributed by atoms with Crippen LogP contribution in [0.1, 0.15) is 23.9 Å². The van der Waals surface area contributed by atoms with Gasteiger partial charge in [-0.25, -0.2) is 4.68 Å². The third-order valence-electron chi connectivity index (χ3n) is 2.77. The fraction of sp³-hybridized carbons (Fsp3) is 0.333. The van der Waals surface area contributed by atoms with Gasteiger partial charge in [0.2, 0.25) is 0 Å². The molecule has 0 aliphatic rings. The summed E-state index contributed by atoms with van der Waals surface area (Å²) in [5, 5.41) is 8.95. The molecule has 2 aromatic rings. The second kappa shape index (κ2) is 4.85. The molecule has 0 radical (unpaired) electrons. The van der Waals surface area contributed by atoms with Gasteiger partial charge >= 0.3 is 0 Å². The maximum atomic E-state index is 6.02. The molecule has 2 N–H and O–H groups in total. The Morgan fingerprint density at radius 3 is 2.82 bits per heavy atom. The first-order chi connectivity index (χ1) is 8.17. The molecule has 0 saturated heterocycles. The number of aryl methyl sites for hydroxylation is 1. The molecule has 0 aliphatic heterocycles. The van der Waals surface area contributed by atoms with Crippen molar-refractivity contribution in [3.8, 4) is 5.69 Å². The highest BCUT2D eigenvalue weighted by Gasteiger charge is 2.13. The highest BCUT2D eigenvalue weighted by atomic mass is 35.5. The van der Waals surface area contributed by atoms with Crippen LogP contribution in [-0.2, 0) is 13.0 Å². The fourth-order valence-corrected chi connectivity index (χ4v) is 2.02. The van der Waals surface area contributed by atoms with Crippen LogP contribution in [0.3, 0.4) is 0 Å². The minimum atomic E-state index is 0.406. The summed E-state index contributed by atoms with van der Waals surface area (Å²) in [7, 11) is 0. The molecule has 0 aliphatic carbocycles. The van der Waals surface area contributed by atoms with E-state index in [1.165, 1.54) is 0 Å². The molecular weight excluding hydrogens is 236 g/mol. The second-order valence-electron chi connectivity index (χ2n) is 3.88. The van der Waals surface area contributed by atoms with Crippen molar-refractivity contribution in [2.45, 2.75) is 26.8 Å². The Bertz CT molecular complexity index is 533. The number of aromatic nitrogens is 3. The molecule has 0 fully saturated rings. The van der Waals surface area contributed by atoms with Gasteiger partial charge in [0.25, 0.3) is 0 Å². The summed E-state index contributed by atoms with van der Waals surface area (Å²) >= 11 is 6.02. The van der Waals surface area contributed by atoms with Gasteiger partial charge in [-0.3, -0.25) is 0 Å². The maximum absolute atomic E-state index is 6.02. The van der Waals surface area contributed by atoms with Crippen LogP contribution in [0.4, 0.5) is 0 Å². The normalized spacial score (nSPS) is 10.8. The van der Waals surface area contributed by atoms with E-state index in [9.17, 15) is 0 Å². The van der Waals surface area contributed by atoms with Gasteiger partial charge in [0, 0.05) is 11.6 Å². The quantitative estimate of drug-likeness (QED) is 0.909. The van der Waals surface area contributed by atoms with Gasteiger partial charge in [0.15, 0.2) is 0 Å². The summed E-state index contributed by atoms with van der Waals surface area (Å²) in [6.45, 7) is 4.49. The van der Waals surface area contributed by atoms with E-state index < -0.39 is 0 Å². The molecule has 0 bridgehead atoms. The lowest BCUT2D eigenvalue weighted by Crippen LogP contribution is -2.06. The monoisotopic (exact) mass is 250 g/mol. The molecule has 5 heteroatoms. The van der Waals surface area contributed by atoms with Crippen molar-refractivity contribution in [1.82, 2.24) is 15.0 Å². The highest BCUT2D eigenvalue weighted by Crippen LogP contribution is 2.21. The average Bonchev–Trinajstić information content (AvgIpc) is 2.74. The molecule has 1 aromatic carbocycles. The molecule has 0 amide bonds. The zero-order valence-electron chi connectivity index (χ0n) is 9.94. The van der Waals surface area contributed by atoms with E-state index in [0.717, 1.165) is 29.1 Å². The van der Waals surface area contributed by atoms with Gasteiger partial charge in [0.1, 0.15) is 0 Å².